The van der Waals surface area contributed by atoms with Crippen molar-refractivity contribution >= 4 is 29.6 Å². The Morgan fingerprint density at radius 2 is 1.88 bits per heavy atom. The molecular weight excluding hydrogens is 432 g/mol. The Kier molecular flexibility index (Phi) is 8.26. The van der Waals surface area contributed by atoms with E-state index in [9.17, 15) is 14.9 Å². The Bertz CT molecular complexity index is 1040. The number of rotatable bonds is 7. The molecule has 0 N–H and O–H groups in total. The molecule has 1 aliphatic rings. The SMILES string of the molecule is COc1cc(/C=C(\C#N)C(=O)N2CCOCC2)ccc1OC(=O)CCc1ccc(Cl)cc1. The van der Waals surface area contributed by atoms with E-state index in [0.29, 0.717) is 49.1 Å². The summed E-state index contributed by atoms with van der Waals surface area (Å²) in [5.74, 6) is -0.146. The molecule has 0 radical (unpaired) electrons. The van der Waals surface area contributed by atoms with E-state index in [0.717, 1.165) is 5.56 Å². The van der Waals surface area contributed by atoms with Crippen molar-refractivity contribution in [1.82, 2.24) is 4.90 Å². The molecule has 2 aromatic rings. The number of carbonyl (C=O) groups excluding carboxylic acids is 2. The van der Waals surface area contributed by atoms with Crippen molar-refractivity contribution < 1.29 is 23.8 Å². The minimum Gasteiger partial charge on any atom is -0.493 e. The van der Waals surface area contributed by atoms with Gasteiger partial charge in [0, 0.05) is 24.5 Å². The Morgan fingerprint density at radius 3 is 2.53 bits per heavy atom. The van der Waals surface area contributed by atoms with E-state index in [1.54, 1.807) is 35.2 Å². The van der Waals surface area contributed by atoms with Crippen LogP contribution in [0.15, 0.2) is 48.0 Å². The number of nitrogens with zero attached hydrogens (tertiary/aromatic N) is 2. The lowest BCUT2D eigenvalue weighted by molar-refractivity contribution is -0.134. The van der Waals surface area contributed by atoms with Crippen LogP contribution in [0.4, 0.5) is 0 Å². The first-order valence-corrected chi connectivity index (χ1v) is 10.5. The highest BCUT2D eigenvalue weighted by Gasteiger charge is 2.21. The van der Waals surface area contributed by atoms with Crippen molar-refractivity contribution in [2.24, 2.45) is 0 Å². The number of methoxy groups -OCH3 is 1. The Labute approximate surface area is 191 Å². The molecule has 0 spiro atoms. The van der Waals surface area contributed by atoms with Gasteiger partial charge in [-0.1, -0.05) is 29.8 Å². The fourth-order valence-electron chi connectivity index (χ4n) is 3.17. The molecule has 0 bridgehead atoms. The highest BCUT2D eigenvalue weighted by Crippen LogP contribution is 2.29. The van der Waals surface area contributed by atoms with Crippen molar-refractivity contribution in [3.05, 3.63) is 64.2 Å². The number of nitriles is 1. The van der Waals surface area contributed by atoms with Crippen LogP contribution in [0.25, 0.3) is 6.08 Å². The van der Waals surface area contributed by atoms with E-state index < -0.39 is 5.97 Å². The molecule has 1 amide bonds. The molecule has 1 fully saturated rings. The van der Waals surface area contributed by atoms with Crippen LogP contribution in [0.5, 0.6) is 11.5 Å². The minimum atomic E-state index is -0.401. The molecule has 3 rings (SSSR count). The smallest absolute Gasteiger partial charge is 0.311 e. The van der Waals surface area contributed by atoms with Gasteiger partial charge >= 0.3 is 5.97 Å². The monoisotopic (exact) mass is 454 g/mol. The Morgan fingerprint density at radius 1 is 1.16 bits per heavy atom. The highest BCUT2D eigenvalue weighted by atomic mass is 35.5. The number of amides is 1. The number of halogens is 1. The average Bonchev–Trinajstić information content (AvgIpc) is 2.83. The zero-order valence-electron chi connectivity index (χ0n) is 17.7. The van der Waals surface area contributed by atoms with Gasteiger partial charge in [-0.3, -0.25) is 9.59 Å². The predicted octanol–water partition coefficient (Wildman–Crippen LogP) is 3.65. The maximum absolute atomic E-state index is 12.6. The highest BCUT2D eigenvalue weighted by molar-refractivity contribution is 6.30. The van der Waals surface area contributed by atoms with E-state index in [-0.39, 0.29) is 23.7 Å². The molecule has 0 atom stereocenters. The van der Waals surface area contributed by atoms with Crippen LogP contribution in [-0.2, 0) is 20.7 Å². The lowest BCUT2D eigenvalue weighted by Gasteiger charge is -2.26. The quantitative estimate of drug-likeness (QED) is 0.274. The van der Waals surface area contributed by atoms with E-state index in [4.69, 9.17) is 25.8 Å². The predicted molar refractivity (Wildman–Crippen MR) is 119 cm³/mol. The van der Waals surface area contributed by atoms with Gasteiger partial charge in [0.1, 0.15) is 11.6 Å². The molecule has 2 aromatic carbocycles. The second kappa shape index (κ2) is 11.3. The molecule has 1 heterocycles. The summed E-state index contributed by atoms with van der Waals surface area (Å²) in [6.45, 7) is 1.81. The molecular formula is C24H23ClN2O5. The molecule has 1 saturated heterocycles. The first-order chi connectivity index (χ1) is 15.5. The van der Waals surface area contributed by atoms with Crippen LogP contribution in [0, 0.1) is 11.3 Å². The topological polar surface area (TPSA) is 88.9 Å². The van der Waals surface area contributed by atoms with Gasteiger partial charge in [0.15, 0.2) is 11.5 Å². The summed E-state index contributed by atoms with van der Waals surface area (Å²) in [6, 6.07) is 14.1. The number of benzene rings is 2. The summed E-state index contributed by atoms with van der Waals surface area (Å²) in [5.41, 5.74) is 1.58. The van der Waals surface area contributed by atoms with E-state index in [2.05, 4.69) is 0 Å². The third-order valence-corrected chi connectivity index (χ3v) is 5.15. The number of morpholine rings is 1. The van der Waals surface area contributed by atoms with Crippen molar-refractivity contribution in [3.8, 4) is 17.6 Å². The zero-order chi connectivity index (χ0) is 22.9. The second-order valence-electron chi connectivity index (χ2n) is 7.09. The minimum absolute atomic E-state index is 0.0154. The summed E-state index contributed by atoms with van der Waals surface area (Å²) in [4.78, 5) is 26.4. The maximum Gasteiger partial charge on any atom is 0.311 e. The lowest BCUT2D eigenvalue weighted by Crippen LogP contribution is -2.41. The largest absolute Gasteiger partial charge is 0.493 e. The Balaban J connectivity index is 1.67. The van der Waals surface area contributed by atoms with Crippen molar-refractivity contribution in [3.63, 3.8) is 0 Å². The molecule has 7 nitrogen and oxygen atoms in total. The number of carbonyl (C=O) groups is 2. The van der Waals surface area contributed by atoms with Gasteiger partial charge in [0.05, 0.1) is 20.3 Å². The summed E-state index contributed by atoms with van der Waals surface area (Å²) >= 11 is 5.87. The number of aryl methyl sites for hydroxylation is 1. The molecule has 32 heavy (non-hydrogen) atoms. The van der Waals surface area contributed by atoms with Gasteiger partial charge in [-0.25, -0.2) is 0 Å². The molecule has 0 saturated carbocycles. The lowest BCUT2D eigenvalue weighted by atomic mass is 10.1. The molecule has 8 heteroatoms. The van der Waals surface area contributed by atoms with Gasteiger partial charge in [-0.05, 0) is 47.9 Å². The van der Waals surface area contributed by atoms with Crippen molar-refractivity contribution in [2.75, 3.05) is 33.4 Å². The Hall–Kier alpha value is -3.34. The van der Waals surface area contributed by atoms with Gasteiger partial charge in [-0.2, -0.15) is 5.26 Å². The van der Waals surface area contributed by atoms with Gasteiger partial charge in [-0.15, -0.1) is 0 Å². The second-order valence-corrected chi connectivity index (χ2v) is 7.52. The number of hydrogen-bond donors (Lipinski definition) is 0. The van der Waals surface area contributed by atoms with E-state index >= 15 is 0 Å². The third-order valence-electron chi connectivity index (χ3n) is 4.90. The normalized spacial score (nSPS) is 13.9. The summed E-state index contributed by atoms with van der Waals surface area (Å²) in [6.07, 6.45) is 2.21. The molecule has 1 aliphatic heterocycles. The van der Waals surface area contributed by atoms with Gasteiger partial charge < -0.3 is 19.1 Å². The zero-order valence-corrected chi connectivity index (χ0v) is 18.4. The fraction of sp³-hybridized carbons (Fsp3) is 0.292. The van der Waals surface area contributed by atoms with Gasteiger partial charge in [0.25, 0.3) is 5.91 Å². The van der Waals surface area contributed by atoms with Crippen molar-refractivity contribution in [1.29, 1.82) is 5.26 Å². The third kappa shape index (κ3) is 6.33. The average molecular weight is 455 g/mol. The van der Waals surface area contributed by atoms with E-state index in [1.165, 1.54) is 13.2 Å². The number of hydrogen-bond acceptors (Lipinski definition) is 6. The van der Waals surface area contributed by atoms with E-state index in [1.807, 2.05) is 18.2 Å². The van der Waals surface area contributed by atoms with Crippen LogP contribution >= 0.6 is 11.6 Å². The first kappa shape index (κ1) is 23.3. The summed E-state index contributed by atoms with van der Waals surface area (Å²) < 4.78 is 16.0. The molecule has 0 aliphatic carbocycles. The van der Waals surface area contributed by atoms with Crippen LogP contribution in [0.1, 0.15) is 17.5 Å². The van der Waals surface area contributed by atoms with Crippen molar-refractivity contribution in [2.45, 2.75) is 12.8 Å². The maximum atomic E-state index is 12.6. The van der Waals surface area contributed by atoms with Gasteiger partial charge in [0.2, 0.25) is 0 Å². The summed E-state index contributed by atoms with van der Waals surface area (Å²) in [5, 5.41) is 10.1. The molecule has 0 unspecified atom stereocenters. The number of esters is 1. The van der Waals surface area contributed by atoms with Crippen LogP contribution < -0.4 is 9.47 Å². The summed E-state index contributed by atoms with van der Waals surface area (Å²) in [7, 11) is 1.46. The van der Waals surface area contributed by atoms with Crippen LogP contribution in [-0.4, -0.2) is 50.2 Å². The fourth-order valence-corrected chi connectivity index (χ4v) is 3.30. The standard InChI is InChI=1S/C24H23ClN2O5/c1-30-22-15-18(14-19(16-26)24(29)27-10-12-31-13-11-27)4-8-21(22)32-23(28)9-5-17-2-6-20(25)7-3-17/h2-4,6-8,14-15H,5,9-13H2,1H3/b19-14+. The number of ether oxygens (including phenoxy) is 3. The van der Waals surface area contributed by atoms with Crippen LogP contribution in [0.2, 0.25) is 5.02 Å². The first-order valence-electron chi connectivity index (χ1n) is 10.1. The molecule has 0 aromatic heterocycles. The molecule has 166 valence electrons. The van der Waals surface area contributed by atoms with Crippen LogP contribution in [0.3, 0.4) is 0 Å².